The van der Waals surface area contributed by atoms with Crippen molar-refractivity contribution in [3.05, 3.63) is 24.1 Å². The van der Waals surface area contributed by atoms with E-state index in [0.29, 0.717) is 36.6 Å². The van der Waals surface area contributed by atoms with E-state index in [9.17, 15) is 13.2 Å². The Balaban J connectivity index is 1.71. The number of fused-ring (bicyclic) bond motifs is 1. The predicted molar refractivity (Wildman–Crippen MR) is 92.8 cm³/mol. The molecule has 2 aromatic rings. The number of piperazine rings is 1. The van der Waals surface area contributed by atoms with Crippen LogP contribution in [0.4, 0.5) is 4.79 Å². The number of rotatable bonds is 4. The van der Waals surface area contributed by atoms with E-state index in [4.69, 9.17) is 4.42 Å². The fourth-order valence-electron chi connectivity index (χ4n) is 2.81. The van der Waals surface area contributed by atoms with E-state index in [0.717, 1.165) is 6.42 Å². The van der Waals surface area contributed by atoms with Crippen LogP contribution in [0.3, 0.4) is 0 Å². The van der Waals surface area contributed by atoms with Crippen LogP contribution in [0.15, 0.2) is 27.5 Å². The number of sulfonamides is 1. The zero-order valence-electron chi connectivity index (χ0n) is 14.4. The summed E-state index contributed by atoms with van der Waals surface area (Å²) in [5.41, 5.74) is 1.09. The second-order valence-electron chi connectivity index (χ2n) is 5.99. The van der Waals surface area contributed by atoms with E-state index in [1.165, 1.54) is 16.4 Å². The molecule has 0 aliphatic carbocycles. The van der Waals surface area contributed by atoms with Crippen molar-refractivity contribution in [2.75, 3.05) is 32.7 Å². The summed E-state index contributed by atoms with van der Waals surface area (Å²) in [6.07, 6.45) is 0.865. The smallest absolute Gasteiger partial charge is 0.317 e. The van der Waals surface area contributed by atoms with E-state index in [2.05, 4.69) is 10.3 Å². The van der Waals surface area contributed by atoms with Crippen molar-refractivity contribution in [3.8, 4) is 0 Å². The van der Waals surface area contributed by atoms with Crippen molar-refractivity contribution in [3.63, 3.8) is 0 Å². The Hall–Kier alpha value is -2.13. The van der Waals surface area contributed by atoms with Crippen molar-refractivity contribution < 1.29 is 17.6 Å². The minimum atomic E-state index is -3.62. The van der Waals surface area contributed by atoms with Crippen molar-refractivity contribution in [1.29, 1.82) is 0 Å². The molecular weight excluding hydrogens is 344 g/mol. The molecular formula is C16H22N4O4S. The number of carbonyl (C=O) groups is 1. The maximum absolute atomic E-state index is 12.8. The highest BCUT2D eigenvalue weighted by Crippen LogP contribution is 2.23. The highest BCUT2D eigenvalue weighted by molar-refractivity contribution is 7.89. The summed E-state index contributed by atoms with van der Waals surface area (Å²) in [4.78, 5) is 18.0. The molecule has 2 heterocycles. The highest BCUT2D eigenvalue weighted by atomic mass is 32.2. The van der Waals surface area contributed by atoms with Crippen LogP contribution in [0.1, 0.15) is 19.2 Å². The maximum Gasteiger partial charge on any atom is 0.317 e. The van der Waals surface area contributed by atoms with Gasteiger partial charge in [-0.15, -0.1) is 0 Å². The number of aromatic nitrogens is 1. The Kier molecular flexibility index (Phi) is 4.96. The number of hydrogen-bond donors (Lipinski definition) is 1. The second-order valence-corrected chi connectivity index (χ2v) is 7.92. The van der Waals surface area contributed by atoms with E-state index in [1.54, 1.807) is 17.9 Å². The Labute approximate surface area is 146 Å². The van der Waals surface area contributed by atoms with E-state index >= 15 is 0 Å². The van der Waals surface area contributed by atoms with Gasteiger partial charge in [-0.1, -0.05) is 6.92 Å². The van der Waals surface area contributed by atoms with Crippen LogP contribution in [0.25, 0.3) is 11.1 Å². The minimum Gasteiger partial charge on any atom is -0.441 e. The fourth-order valence-corrected chi connectivity index (χ4v) is 4.25. The van der Waals surface area contributed by atoms with E-state index in [1.807, 2.05) is 6.92 Å². The molecule has 1 aliphatic heterocycles. The summed E-state index contributed by atoms with van der Waals surface area (Å²) in [5.74, 6) is 0.497. The summed E-state index contributed by atoms with van der Waals surface area (Å²) < 4.78 is 32.5. The standard InChI is InChI=1S/C16H22N4O4S/c1-3-6-17-16(21)19-7-9-20(10-8-19)25(22,23)13-4-5-15-14(11-13)18-12(2)24-15/h4-5,11H,3,6-10H2,1-2H3,(H,17,21). The Morgan fingerprint density at radius 3 is 2.68 bits per heavy atom. The molecule has 1 saturated heterocycles. The minimum absolute atomic E-state index is 0.140. The van der Waals surface area contributed by atoms with Crippen molar-refractivity contribution >= 4 is 27.2 Å². The topological polar surface area (TPSA) is 95.8 Å². The quantitative estimate of drug-likeness (QED) is 0.886. The molecule has 1 aromatic carbocycles. The molecule has 0 bridgehead atoms. The van der Waals surface area contributed by atoms with Gasteiger partial charge in [-0.25, -0.2) is 18.2 Å². The van der Waals surface area contributed by atoms with Gasteiger partial charge in [0.1, 0.15) is 5.52 Å². The molecule has 0 radical (unpaired) electrons. The third-order valence-electron chi connectivity index (χ3n) is 4.16. The zero-order chi connectivity index (χ0) is 18.0. The van der Waals surface area contributed by atoms with Gasteiger partial charge in [-0.05, 0) is 24.6 Å². The second kappa shape index (κ2) is 7.01. The number of hydrogen-bond acceptors (Lipinski definition) is 5. The van der Waals surface area contributed by atoms with Gasteiger partial charge in [0.25, 0.3) is 0 Å². The molecule has 2 amide bonds. The highest BCUT2D eigenvalue weighted by Gasteiger charge is 2.30. The van der Waals surface area contributed by atoms with Gasteiger partial charge in [0.05, 0.1) is 4.90 Å². The summed E-state index contributed by atoms with van der Waals surface area (Å²) in [5, 5.41) is 2.81. The van der Waals surface area contributed by atoms with Crippen LogP contribution in [0, 0.1) is 6.92 Å². The molecule has 0 atom stereocenters. The van der Waals surface area contributed by atoms with Gasteiger partial charge >= 0.3 is 6.03 Å². The molecule has 0 saturated carbocycles. The summed E-state index contributed by atoms with van der Waals surface area (Å²) in [7, 11) is -3.62. The first kappa shape index (κ1) is 17.7. The summed E-state index contributed by atoms with van der Waals surface area (Å²) in [6.45, 7) is 5.62. The fraction of sp³-hybridized carbons (Fsp3) is 0.500. The van der Waals surface area contributed by atoms with Crippen LogP contribution in [-0.4, -0.2) is 61.4 Å². The van der Waals surface area contributed by atoms with Crippen molar-refractivity contribution in [1.82, 2.24) is 19.5 Å². The lowest BCUT2D eigenvalue weighted by atomic mass is 10.3. The molecule has 136 valence electrons. The Morgan fingerprint density at radius 2 is 2.00 bits per heavy atom. The van der Waals surface area contributed by atoms with E-state index in [-0.39, 0.29) is 24.0 Å². The SMILES string of the molecule is CCCNC(=O)N1CCN(S(=O)(=O)c2ccc3oc(C)nc3c2)CC1. The molecule has 25 heavy (non-hydrogen) atoms. The number of urea groups is 1. The normalized spacial score (nSPS) is 16.3. The number of nitrogens with zero attached hydrogens (tertiary/aromatic N) is 3. The number of aryl methyl sites for hydroxylation is 1. The molecule has 0 spiro atoms. The number of nitrogens with one attached hydrogen (secondary N) is 1. The molecule has 9 heteroatoms. The van der Waals surface area contributed by atoms with Crippen LogP contribution in [0.5, 0.6) is 0 Å². The molecule has 1 fully saturated rings. The molecule has 1 N–H and O–H groups in total. The number of carbonyl (C=O) groups excluding carboxylic acids is 1. The lowest BCUT2D eigenvalue weighted by molar-refractivity contribution is 0.172. The number of benzene rings is 1. The largest absolute Gasteiger partial charge is 0.441 e. The van der Waals surface area contributed by atoms with Gasteiger partial charge < -0.3 is 14.6 Å². The first-order valence-corrected chi connectivity index (χ1v) is 9.76. The average Bonchev–Trinajstić information content (AvgIpc) is 2.98. The summed E-state index contributed by atoms with van der Waals surface area (Å²) in [6, 6.07) is 4.54. The third kappa shape index (κ3) is 3.62. The first-order chi connectivity index (χ1) is 11.9. The van der Waals surface area contributed by atoms with Crippen LogP contribution in [-0.2, 0) is 10.0 Å². The monoisotopic (exact) mass is 366 g/mol. The van der Waals surface area contributed by atoms with Gasteiger partial charge in [0, 0.05) is 39.6 Å². The van der Waals surface area contributed by atoms with Gasteiger partial charge in [-0.2, -0.15) is 4.31 Å². The molecule has 1 aliphatic rings. The van der Waals surface area contributed by atoms with Gasteiger partial charge in [-0.3, -0.25) is 0 Å². The Bertz CT molecular complexity index is 869. The number of amides is 2. The Morgan fingerprint density at radius 1 is 1.28 bits per heavy atom. The molecule has 8 nitrogen and oxygen atoms in total. The lowest BCUT2D eigenvalue weighted by Gasteiger charge is -2.33. The van der Waals surface area contributed by atoms with Crippen LogP contribution >= 0.6 is 0 Å². The maximum atomic E-state index is 12.8. The van der Waals surface area contributed by atoms with Crippen molar-refractivity contribution in [2.45, 2.75) is 25.2 Å². The van der Waals surface area contributed by atoms with Crippen LogP contribution < -0.4 is 5.32 Å². The third-order valence-corrected chi connectivity index (χ3v) is 6.05. The number of oxazole rings is 1. The van der Waals surface area contributed by atoms with Crippen LogP contribution in [0.2, 0.25) is 0 Å². The van der Waals surface area contributed by atoms with Crippen molar-refractivity contribution in [2.24, 2.45) is 0 Å². The first-order valence-electron chi connectivity index (χ1n) is 8.32. The van der Waals surface area contributed by atoms with Gasteiger partial charge in [0.2, 0.25) is 10.0 Å². The predicted octanol–water partition coefficient (Wildman–Crippen LogP) is 1.56. The van der Waals surface area contributed by atoms with Gasteiger partial charge in [0.15, 0.2) is 11.5 Å². The lowest BCUT2D eigenvalue weighted by Crippen LogP contribution is -2.53. The average molecular weight is 366 g/mol. The molecule has 1 aromatic heterocycles. The molecule has 0 unspecified atom stereocenters. The van der Waals surface area contributed by atoms with E-state index < -0.39 is 10.0 Å². The molecule has 3 rings (SSSR count). The zero-order valence-corrected chi connectivity index (χ0v) is 15.2. The summed E-state index contributed by atoms with van der Waals surface area (Å²) >= 11 is 0.